The molecule has 2 aromatic heterocycles. The summed E-state index contributed by atoms with van der Waals surface area (Å²) in [6.45, 7) is 1.77. The van der Waals surface area contributed by atoms with Gasteiger partial charge in [-0.05, 0) is 19.1 Å². The summed E-state index contributed by atoms with van der Waals surface area (Å²) in [4.78, 5) is 8.30. The van der Waals surface area contributed by atoms with E-state index in [-0.39, 0.29) is 11.6 Å². The van der Waals surface area contributed by atoms with Gasteiger partial charge in [-0.1, -0.05) is 18.2 Å². The van der Waals surface area contributed by atoms with Gasteiger partial charge >= 0.3 is 0 Å². The Labute approximate surface area is 134 Å². The van der Waals surface area contributed by atoms with Crippen molar-refractivity contribution < 1.29 is 12.8 Å². The SMILES string of the molecule is Cc1nc(S(=O)(=O)NCc2coc(-c3ccccc3)n2)cn1C. The molecule has 1 N–H and O–H groups in total. The number of aryl methyl sites for hydroxylation is 2. The van der Waals surface area contributed by atoms with E-state index in [1.54, 1.807) is 18.5 Å². The summed E-state index contributed by atoms with van der Waals surface area (Å²) < 4.78 is 33.9. The number of nitrogens with zero attached hydrogens (tertiary/aromatic N) is 3. The van der Waals surface area contributed by atoms with Crippen molar-refractivity contribution in [1.29, 1.82) is 0 Å². The van der Waals surface area contributed by atoms with Crippen molar-refractivity contribution in [3.05, 3.63) is 54.3 Å². The van der Waals surface area contributed by atoms with E-state index in [2.05, 4.69) is 14.7 Å². The van der Waals surface area contributed by atoms with E-state index in [9.17, 15) is 8.42 Å². The van der Waals surface area contributed by atoms with E-state index in [4.69, 9.17) is 4.42 Å². The molecule has 0 aliphatic rings. The zero-order valence-electron chi connectivity index (χ0n) is 12.7. The van der Waals surface area contributed by atoms with Crippen molar-refractivity contribution in [3.63, 3.8) is 0 Å². The second-order valence-electron chi connectivity index (χ2n) is 5.07. The molecule has 0 unspecified atom stereocenters. The van der Waals surface area contributed by atoms with Crippen LogP contribution in [0.3, 0.4) is 0 Å². The Morgan fingerprint density at radius 2 is 1.96 bits per heavy atom. The number of hydrogen-bond donors (Lipinski definition) is 1. The Morgan fingerprint density at radius 3 is 2.61 bits per heavy atom. The molecule has 3 rings (SSSR count). The van der Waals surface area contributed by atoms with Crippen LogP contribution < -0.4 is 4.72 Å². The lowest BCUT2D eigenvalue weighted by molar-refractivity contribution is 0.569. The molecule has 0 aliphatic carbocycles. The fourth-order valence-corrected chi connectivity index (χ4v) is 3.04. The number of oxazole rings is 1. The second kappa shape index (κ2) is 5.98. The van der Waals surface area contributed by atoms with Crippen LogP contribution in [0.1, 0.15) is 11.5 Å². The fourth-order valence-electron chi connectivity index (χ4n) is 2.00. The summed E-state index contributed by atoms with van der Waals surface area (Å²) in [7, 11) is -1.94. The van der Waals surface area contributed by atoms with E-state index in [0.29, 0.717) is 17.4 Å². The fraction of sp³-hybridized carbons (Fsp3) is 0.200. The molecule has 0 amide bonds. The van der Waals surface area contributed by atoms with E-state index >= 15 is 0 Å². The van der Waals surface area contributed by atoms with Gasteiger partial charge in [0.15, 0.2) is 5.03 Å². The van der Waals surface area contributed by atoms with Crippen molar-refractivity contribution in [1.82, 2.24) is 19.3 Å². The van der Waals surface area contributed by atoms with Crippen LogP contribution in [-0.4, -0.2) is 23.0 Å². The summed E-state index contributed by atoms with van der Waals surface area (Å²) >= 11 is 0. The minimum Gasteiger partial charge on any atom is -0.444 e. The van der Waals surface area contributed by atoms with Crippen molar-refractivity contribution in [3.8, 4) is 11.5 Å². The highest BCUT2D eigenvalue weighted by atomic mass is 32.2. The average Bonchev–Trinajstić information content (AvgIpc) is 3.14. The van der Waals surface area contributed by atoms with Crippen molar-refractivity contribution in [2.45, 2.75) is 18.5 Å². The van der Waals surface area contributed by atoms with Crippen LogP contribution in [-0.2, 0) is 23.6 Å². The molecule has 0 saturated heterocycles. The lowest BCUT2D eigenvalue weighted by atomic mass is 10.2. The monoisotopic (exact) mass is 332 g/mol. The van der Waals surface area contributed by atoms with Gasteiger partial charge in [-0.2, -0.15) is 0 Å². The van der Waals surface area contributed by atoms with Crippen LogP contribution >= 0.6 is 0 Å². The predicted octanol–water partition coefficient (Wildman–Crippen LogP) is 1.86. The number of rotatable bonds is 5. The van der Waals surface area contributed by atoms with E-state index in [0.717, 1.165) is 5.56 Å². The lowest BCUT2D eigenvalue weighted by Gasteiger charge is -2.01. The van der Waals surface area contributed by atoms with Gasteiger partial charge in [-0.3, -0.25) is 0 Å². The minimum absolute atomic E-state index is 0.00993. The molecular formula is C15H16N4O3S. The zero-order valence-corrected chi connectivity index (χ0v) is 13.5. The topological polar surface area (TPSA) is 90.0 Å². The van der Waals surface area contributed by atoms with Crippen LogP contribution in [0.15, 0.2) is 52.2 Å². The lowest BCUT2D eigenvalue weighted by Crippen LogP contribution is -2.23. The molecule has 8 heteroatoms. The molecule has 7 nitrogen and oxygen atoms in total. The van der Waals surface area contributed by atoms with Crippen LogP contribution in [0.5, 0.6) is 0 Å². The highest BCUT2D eigenvalue weighted by molar-refractivity contribution is 7.89. The summed E-state index contributed by atoms with van der Waals surface area (Å²) in [5, 5.41) is -0.00993. The van der Waals surface area contributed by atoms with Gasteiger partial charge in [-0.25, -0.2) is 23.1 Å². The third kappa shape index (κ3) is 3.33. The molecule has 0 spiro atoms. The first kappa shape index (κ1) is 15.4. The maximum absolute atomic E-state index is 12.2. The molecule has 23 heavy (non-hydrogen) atoms. The normalized spacial score (nSPS) is 11.7. The van der Waals surface area contributed by atoms with Crippen LogP contribution in [0.2, 0.25) is 0 Å². The molecule has 0 aliphatic heterocycles. The summed E-state index contributed by atoms with van der Waals surface area (Å²) in [5.41, 5.74) is 1.34. The Balaban J connectivity index is 1.72. The maximum atomic E-state index is 12.2. The summed E-state index contributed by atoms with van der Waals surface area (Å²) in [6.07, 6.45) is 2.91. The standard InChI is InChI=1S/C15H16N4O3S/c1-11-17-14(9-19(11)2)23(20,21)16-8-13-10-22-15(18-13)12-6-4-3-5-7-12/h3-7,9-10,16H,8H2,1-2H3. The average molecular weight is 332 g/mol. The van der Waals surface area contributed by atoms with Crippen molar-refractivity contribution >= 4 is 10.0 Å². The van der Waals surface area contributed by atoms with Gasteiger partial charge in [-0.15, -0.1) is 0 Å². The van der Waals surface area contributed by atoms with Gasteiger partial charge in [0.05, 0.1) is 12.2 Å². The van der Waals surface area contributed by atoms with Crippen molar-refractivity contribution in [2.24, 2.45) is 7.05 Å². The first-order chi connectivity index (χ1) is 11.0. The van der Waals surface area contributed by atoms with E-state index in [1.165, 1.54) is 12.5 Å². The molecule has 0 fully saturated rings. The Kier molecular flexibility index (Phi) is 4.01. The van der Waals surface area contributed by atoms with Crippen LogP contribution in [0.25, 0.3) is 11.5 Å². The molecule has 2 heterocycles. The quantitative estimate of drug-likeness (QED) is 0.770. The molecule has 0 atom stereocenters. The van der Waals surface area contributed by atoms with Crippen LogP contribution in [0, 0.1) is 6.92 Å². The largest absolute Gasteiger partial charge is 0.444 e. The highest BCUT2D eigenvalue weighted by Gasteiger charge is 2.19. The summed E-state index contributed by atoms with van der Waals surface area (Å²) in [5.74, 6) is 1.08. The van der Waals surface area contributed by atoms with Crippen molar-refractivity contribution in [2.75, 3.05) is 0 Å². The smallest absolute Gasteiger partial charge is 0.259 e. The highest BCUT2D eigenvalue weighted by Crippen LogP contribution is 2.18. The van der Waals surface area contributed by atoms with Gasteiger partial charge in [0.25, 0.3) is 10.0 Å². The third-order valence-electron chi connectivity index (χ3n) is 3.38. The third-order valence-corrected chi connectivity index (χ3v) is 4.65. The number of sulfonamides is 1. The molecule has 0 radical (unpaired) electrons. The molecule has 1 aromatic carbocycles. The molecule has 120 valence electrons. The number of imidazole rings is 1. The Morgan fingerprint density at radius 1 is 1.22 bits per heavy atom. The molecular weight excluding hydrogens is 316 g/mol. The van der Waals surface area contributed by atoms with Gasteiger partial charge in [0, 0.05) is 18.8 Å². The van der Waals surface area contributed by atoms with E-state index in [1.807, 2.05) is 30.3 Å². The Bertz CT molecular complexity index is 894. The number of aromatic nitrogens is 3. The van der Waals surface area contributed by atoms with E-state index < -0.39 is 10.0 Å². The molecule has 0 bridgehead atoms. The minimum atomic E-state index is -3.68. The van der Waals surface area contributed by atoms with Gasteiger partial charge in [0.1, 0.15) is 12.1 Å². The second-order valence-corrected chi connectivity index (χ2v) is 6.79. The maximum Gasteiger partial charge on any atom is 0.259 e. The summed E-state index contributed by atoms with van der Waals surface area (Å²) in [6, 6.07) is 9.40. The van der Waals surface area contributed by atoms with Crippen LogP contribution in [0.4, 0.5) is 0 Å². The molecule has 0 saturated carbocycles. The number of nitrogens with one attached hydrogen (secondary N) is 1. The van der Waals surface area contributed by atoms with Gasteiger partial charge < -0.3 is 8.98 Å². The predicted molar refractivity (Wildman–Crippen MR) is 83.9 cm³/mol. The first-order valence-corrected chi connectivity index (χ1v) is 8.43. The number of hydrogen-bond acceptors (Lipinski definition) is 5. The van der Waals surface area contributed by atoms with Gasteiger partial charge in [0.2, 0.25) is 5.89 Å². The Hall–Kier alpha value is -2.45. The zero-order chi connectivity index (χ0) is 16.4. The number of benzene rings is 1. The molecule has 3 aromatic rings. The first-order valence-electron chi connectivity index (χ1n) is 6.95.